The van der Waals surface area contributed by atoms with E-state index in [-0.39, 0.29) is 17.6 Å². The summed E-state index contributed by atoms with van der Waals surface area (Å²) in [5, 5.41) is 2.56. The fourth-order valence-electron chi connectivity index (χ4n) is 1.90. The van der Waals surface area contributed by atoms with Gasteiger partial charge in [0.1, 0.15) is 11.4 Å². The Morgan fingerprint density at radius 1 is 1.35 bits per heavy atom. The predicted octanol–water partition coefficient (Wildman–Crippen LogP) is 2.76. The first-order valence-electron chi connectivity index (χ1n) is 6.33. The molecule has 1 heterocycles. The highest BCUT2D eigenvalue weighted by atomic mass is 79.9. The number of rotatable bonds is 4. The Morgan fingerprint density at radius 3 is 2.65 bits per heavy atom. The molecule has 5 nitrogen and oxygen atoms in total. The number of ether oxygens (including phenoxy) is 1. The number of imide groups is 1. The Bertz CT molecular complexity index is 584. The molecule has 0 unspecified atom stereocenters. The van der Waals surface area contributed by atoms with Gasteiger partial charge in [0.2, 0.25) is 0 Å². The van der Waals surface area contributed by atoms with Crippen molar-refractivity contribution in [1.29, 1.82) is 0 Å². The smallest absolute Gasteiger partial charge is 0.328 e. The van der Waals surface area contributed by atoms with Crippen molar-refractivity contribution in [3.8, 4) is 5.75 Å². The van der Waals surface area contributed by atoms with Crippen molar-refractivity contribution < 1.29 is 14.3 Å². The van der Waals surface area contributed by atoms with Crippen LogP contribution in [0.5, 0.6) is 5.75 Å². The minimum absolute atomic E-state index is 0.285. The monoisotopic (exact) mass is 338 g/mol. The minimum atomic E-state index is -0.381. The van der Waals surface area contributed by atoms with Gasteiger partial charge in [-0.3, -0.25) is 9.69 Å². The molecule has 2 rings (SSSR count). The molecule has 0 spiro atoms. The number of urea groups is 1. The van der Waals surface area contributed by atoms with Crippen molar-refractivity contribution in [3.63, 3.8) is 0 Å². The van der Waals surface area contributed by atoms with Crippen LogP contribution in [0, 0.1) is 0 Å². The zero-order chi connectivity index (χ0) is 14.7. The van der Waals surface area contributed by atoms with Crippen LogP contribution in [0.4, 0.5) is 4.79 Å². The van der Waals surface area contributed by atoms with Crippen molar-refractivity contribution in [2.75, 3.05) is 13.2 Å². The van der Waals surface area contributed by atoms with Crippen molar-refractivity contribution in [2.45, 2.75) is 13.8 Å². The molecule has 1 saturated heterocycles. The van der Waals surface area contributed by atoms with Crippen LogP contribution in [0.3, 0.4) is 0 Å². The Labute approximate surface area is 125 Å². The van der Waals surface area contributed by atoms with Crippen molar-refractivity contribution >= 4 is 33.9 Å². The number of benzene rings is 1. The first-order valence-corrected chi connectivity index (χ1v) is 7.13. The van der Waals surface area contributed by atoms with E-state index >= 15 is 0 Å². The molecule has 20 heavy (non-hydrogen) atoms. The molecule has 1 fully saturated rings. The molecular formula is C14H15BrN2O3. The summed E-state index contributed by atoms with van der Waals surface area (Å²) in [4.78, 5) is 24.7. The molecule has 0 aliphatic carbocycles. The summed E-state index contributed by atoms with van der Waals surface area (Å²) < 4.78 is 6.23. The highest BCUT2D eigenvalue weighted by molar-refractivity contribution is 9.10. The van der Waals surface area contributed by atoms with Crippen LogP contribution in [-0.2, 0) is 4.79 Å². The third-order valence-corrected chi connectivity index (χ3v) is 3.47. The highest BCUT2D eigenvalue weighted by Crippen LogP contribution is 2.27. The second kappa shape index (κ2) is 6.09. The van der Waals surface area contributed by atoms with Gasteiger partial charge in [0.25, 0.3) is 5.91 Å². The van der Waals surface area contributed by atoms with Crippen LogP contribution in [0.1, 0.15) is 19.4 Å². The van der Waals surface area contributed by atoms with E-state index in [0.717, 1.165) is 20.7 Å². The summed E-state index contributed by atoms with van der Waals surface area (Å²) in [6.45, 7) is 4.61. The first kappa shape index (κ1) is 14.6. The Kier molecular flexibility index (Phi) is 4.44. The summed E-state index contributed by atoms with van der Waals surface area (Å²) >= 11 is 3.41. The molecule has 0 saturated carbocycles. The van der Waals surface area contributed by atoms with Gasteiger partial charge in [-0.15, -0.1) is 0 Å². The average Bonchev–Trinajstić information content (AvgIpc) is 2.67. The average molecular weight is 339 g/mol. The predicted molar refractivity (Wildman–Crippen MR) is 79.2 cm³/mol. The minimum Gasteiger partial charge on any atom is -0.493 e. The summed E-state index contributed by atoms with van der Waals surface area (Å²) in [6, 6.07) is 5.11. The molecule has 1 aliphatic heterocycles. The quantitative estimate of drug-likeness (QED) is 0.678. The second-order valence-corrected chi connectivity index (χ2v) is 5.01. The Morgan fingerprint density at radius 2 is 2.10 bits per heavy atom. The van der Waals surface area contributed by atoms with Crippen molar-refractivity contribution in [1.82, 2.24) is 10.2 Å². The fraction of sp³-hybridized carbons (Fsp3) is 0.286. The number of hydrogen-bond acceptors (Lipinski definition) is 3. The van der Waals surface area contributed by atoms with Gasteiger partial charge in [-0.25, -0.2) is 4.79 Å². The zero-order valence-electron chi connectivity index (χ0n) is 11.3. The van der Waals surface area contributed by atoms with Crippen LogP contribution >= 0.6 is 15.9 Å². The maximum atomic E-state index is 11.9. The summed E-state index contributed by atoms with van der Waals surface area (Å²) in [5.74, 6) is 0.439. The van der Waals surface area contributed by atoms with Crippen molar-refractivity contribution in [3.05, 3.63) is 33.9 Å². The topological polar surface area (TPSA) is 58.6 Å². The maximum Gasteiger partial charge on any atom is 0.328 e. The molecule has 1 aromatic carbocycles. The van der Waals surface area contributed by atoms with E-state index in [4.69, 9.17) is 4.74 Å². The van der Waals surface area contributed by atoms with Gasteiger partial charge in [-0.1, -0.05) is 6.07 Å². The van der Waals surface area contributed by atoms with E-state index in [1.54, 1.807) is 13.0 Å². The molecular weight excluding hydrogens is 324 g/mol. The number of carbonyl (C=O) groups is 2. The van der Waals surface area contributed by atoms with E-state index in [2.05, 4.69) is 21.2 Å². The van der Waals surface area contributed by atoms with E-state index in [1.807, 2.05) is 25.1 Å². The number of carbonyl (C=O) groups excluding carboxylic acids is 2. The Hall–Kier alpha value is -1.82. The standard InChI is InChI=1S/C14H15BrN2O3/c1-3-17-13(18)11(16-14(17)19)8-9-5-6-12(20-4-2)10(15)7-9/h5-8H,3-4H2,1-2H3,(H,16,19)/b11-8+. The van der Waals surface area contributed by atoms with Gasteiger partial charge in [-0.2, -0.15) is 0 Å². The lowest BCUT2D eigenvalue weighted by Gasteiger charge is -2.07. The van der Waals surface area contributed by atoms with E-state index in [1.165, 1.54) is 0 Å². The van der Waals surface area contributed by atoms with Crippen LogP contribution < -0.4 is 10.1 Å². The molecule has 1 N–H and O–H groups in total. The SMILES string of the molecule is CCOc1ccc(/C=C2/NC(=O)N(CC)C2=O)cc1Br. The molecule has 3 amide bonds. The van der Waals surface area contributed by atoms with Gasteiger partial charge in [0, 0.05) is 6.54 Å². The molecule has 0 bridgehead atoms. The number of halogens is 1. The van der Waals surface area contributed by atoms with Gasteiger partial charge < -0.3 is 10.1 Å². The van der Waals surface area contributed by atoms with Crippen LogP contribution in [-0.4, -0.2) is 30.0 Å². The van der Waals surface area contributed by atoms with Gasteiger partial charge in [0.15, 0.2) is 0 Å². The van der Waals surface area contributed by atoms with E-state index in [9.17, 15) is 9.59 Å². The summed E-state index contributed by atoms with van der Waals surface area (Å²) in [5.41, 5.74) is 1.09. The lowest BCUT2D eigenvalue weighted by Crippen LogP contribution is -2.30. The summed E-state index contributed by atoms with van der Waals surface area (Å²) in [7, 11) is 0. The third kappa shape index (κ3) is 2.85. The first-order chi connectivity index (χ1) is 9.56. The third-order valence-electron chi connectivity index (χ3n) is 2.85. The normalized spacial score (nSPS) is 16.8. The molecule has 1 aliphatic rings. The van der Waals surface area contributed by atoms with Gasteiger partial charge >= 0.3 is 6.03 Å². The molecule has 0 radical (unpaired) electrons. The maximum absolute atomic E-state index is 11.9. The van der Waals surface area contributed by atoms with Gasteiger partial charge in [0.05, 0.1) is 11.1 Å². The highest BCUT2D eigenvalue weighted by Gasteiger charge is 2.31. The number of hydrogen-bond donors (Lipinski definition) is 1. The Balaban J connectivity index is 2.26. The zero-order valence-corrected chi connectivity index (χ0v) is 12.9. The second-order valence-electron chi connectivity index (χ2n) is 4.16. The molecule has 1 aromatic rings. The van der Waals surface area contributed by atoms with Crippen molar-refractivity contribution in [2.24, 2.45) is 0 Å². The number of amides is 3. The number of nitrogens with one attached hydrogen (secondary N) is 1. The number of likely N-dealkylation sites (N-methyl/N-ethyl adjacent to an activating group) is 1. The van der Waals surface area contributed by atoms with Crippen LogP contribution in [0.15, 0.2) is 28.4 Å². The lowest BCUT2D eigenvalue weighted by atomic mass is 10.2. The number of nitrogens with zero attached hydrogens (tertiary/aromatic N) is 1. The van der Waals surface area contributed by atoms with Crippen LogP contribution in [0.2, 0.25) is 0 Å². The van der Waals surface area contributed by atoms with E-state index in [0.29, 0.717) is 13.2 Å². The largest absolute Gasteiger partial charge is 0.493 e. The molecule has 106 valence electrons. The molecule has 0 aromatic heterocycles. The summed E-state index contributed by atoms with van der Waals surface area (Å²) in [6.07, 6.45) is 1.65. The fourth-order valence-corrected chi connectivity index (χ4v) is 2.42. The molecule has 6 heteroatoms. The van der Waals surface area contributed by atoms with E-state index < -0.39 is 0 Å². The van der Waals surface area contributed by atoms with Crippen LogP contribution in [0.25, 0.3) is 6.08 Å². The van der Waals surface area contributed by atoms with Gasteiger partial charge in [-0.05, 0) is 53.5 Å². The molecule has 0 atom stereocenters. The lowest BCUT2D eigenvalue weighted by molar-refractivity contribution is -0.122.